The molecule has 0 spiro atoms. The predicted octanol–water partition coefficient (Wildman–Crippen LogP) is 5.16. The zero-order valence-corrected chi connectivity index (χ0v) is 21.7. The zero-order valence-electron chi connectivity index (χ0n) is 20.1. The Morgan fingerprint density at radius 3 is 2.69 bits per heavy atom. The molecule has 0 radical (unpaired) electrons. The standard InChI is InChI=1S/C26H30N4O3S2/c1-16(34-20-10-6-9-19(13-20)28-25(33)18-7-4-3-5-8-18)24(32)29-26-22(14-27)21-11-12-30(17(2)31)15-23(21)35-26/h6,9-10,13,16,18H,3-5,7-8,11-12,15H2,1-2H3,(H,28,33)(H,29,32). The lowest BCUT2D eigenvalue weighted by Crippen LogP contribution is -2.33. The molecule has 35 heavy (non-hydrogen) atoms. The molecule has 1 aliphatic carbocycles. The lowest BCUT2D eigenvalue weighted by atomic mass is 9.88. The van der Waals surface area contributed by atoms with Crippen LogP contribution < -0.4 is 10.6 Å². The second-order valence-corrected chi connectivity index (χ2v) is 11.6. The monoisotopic (exact) mass is 510 g/mol. The van der Waals surface area contributed by atoms with Crippen molar-refractivity contribution in [1.82, 2.24) is 4.90 Å². The van der Waals surface area contributed by atoms with Crippen molar-refractivity contribution < 1.29 is 14.4 Å². The average Bonchev–Trinajstić information content (AvgIpc) is 3.20. The molecular formula is C26H30N4O3S2. The fraction of sp³-hybridized carbons (Fsp3) is 0.462. The van der Waals surface area contributed by atoms with E-state index in [1.165, 1.54) is 29.5 Å². The predicted molar refractivity (Wildman–Crippen MR) is 139 cm³/mol. The van der Waals surface area contributed by atoms with Crippen LogP contribution in [-0.2, 0) is 27.3 Å². The van der Waals surface area contributed by atoms with Crippen LogP contribution in [0.2, 0.25) is 0 Å². The Kier molecular flexibility index (Phi) is 8.14. The Hall–Kier alpha value is -2.83. The number of carbonyl (C=O) groups is 3. The molecule has 3 amide bonds. The Morgan fingerprint density at radius 1 is 1.20 bits per heavy atom. The van der Waals surface area contributed by atoms with Crippen LogP contribution in [0.1, 0.15) is 62.0 Å². The third-order valence-corrected chi connectivity index (χ3v) is 8.84. The van der Waals surface area contributed by atoms with Gasteiger partial charge in [0.15, 0.2) is 0 Å². The number of fused-ring (bicyclic) bond motifs is 1. The molecule has 4 rings (SSSR count). The molecule has 0 saturated heterocycles. The first kappa shape index (κ1) is 25.3. The molecule has 1 unspecified atom stereocenters. The molecule has 1 atom stereocenters. The molecule has 1 aliphatic heterocycles. The quantitative estimate of drug-likeness (QED) is 0.523. The number of nitrogens with one attached hydrogen (secondary N) is 2. The first-order valence-electron chi connectivity index (χ1n) is 12.0. The average molecular weight is 511 g/mol. The van der Waals surface area contributed by atoms with Crippen LogP contribution in [0, 0.1) is 17.2 Å². The van der Waals surface area contributed by atoms with Crippen molar-refractivity contribution in [2.45, 2.75) is 69.1 Å². The maximum Gasteiger partial charge on any atom is 0.238 e. The fourth-order valence-corrected chi connectivity index (χ4v) is 6.75. The van der Waals surface area contributed by atoms with E-state index < -0.39 is 5.25 Å². The van der Waals surface area contributed by atoms with E-state index in [1.54, 1.807) is 11.8 Å². The molecule has 2 heterocycles. The van der Waals surface area contributed by atoms with Crippen LogP contribution in [0.3, 0.4) is 0 Å². The number of nitriles is 1. The van der Waals surface area contributed by atoms with Gasteiger partial charge >= 0.3 is 0 Å². The summed E-state index contributed by atoms with van der Waals surface area (Å²) in [6, 6.07) is 9.81. The molecule has 1 aromatic heterocycles. The van der Waals surface area contributed by atoms with Gasteiger partial charge in [-0.25, -0.2) is 0 Å². The Morgan fingerprint density at radius 2 is 1.97 bits per heavy atom. The summed E-state index contributed by atoms with van der Waals surface area (Å²) >= 11 is 2.78. The number of amides is 3. The highest BCUT2D eigenvalue weighted by Gasteiger charge is 2.27. The van der Waals surface area contributed by atoms with Gasteiger partial charge in [-0.1, -0.05) is 25.3 Å². The number of carbonyl (C=O) groups excluding carboxylic acids is 3. The summed E-state index contributed by atoms with van der Waals surface area (Å²) in [6.45, 7) is 4.43. The molecule has 1 aromatic carbocycles. The smallest absolute Gasteiger partial charge is 0.238 e. The minimum absolute atomic E-state index is 0.00956. The van der Waals surface area contributed by atoms with Crippen LogP contribution in [0.4, 0.5) is 10.7 Å². The van der Waals surface area contributed by atoms with Crippen molar-refractivity contribution >= 4 is 51.5 Å². The van der Waals surface area contributed by atoms with E-state index in [4.69, 9.17) is 0 Å². The Labute approximate surface area is 214 Å². The maximum atomic E-state index is 13.0. The van der Waals surface area contributed by atoms with E-state index in [2.05, 4.69) is 16.7 Å². The van der Waals surface area contributed by atoms with Crippen molar-refractivity contribution in [3.8, 4) is 6.07 Å². The number of nitrogens with zero attached hydrogens (tertiary/aromatic N) is 2. The second-order valence-electron chi connectivity index (χ2n) is 9.11. The molecule has 1 fully saturated rings. The van der Waals surface area contributed by atoms with Crippen molar-refractivity contribution in [3.63, 3.8) is 0 Å². The van der Waals surface area contributed by atoms with E-state index in [1.807, 2.05) is 31.2 Å². The summed E-state index contributed by atoms with van der Waals surface area (Å²) in [5, 5.41) is 15.8. The van der Waals surface area contributed by atoms with Gasteiger partial charge in [-0.15, -0.1) is 23.1 Å². The maximum absolute atomic E-state index is 13.0. The number of hydrogen-bond donors (Lipinski definition) is 2. The molecule has 2 aromatic rings. The molecule has 0 bridgehead atoms. The van der Waals surface area contributed by atoms with Crippen molar-refractivity contribution in [2.75, 3.05) is 17.2 Å². The van der Waals surface area contributed by atoms with E-state index in [0.29, 0.717) is 30.1 Å². The molecule has 1 saturated carbocycles. The third kappa shape index (κ3) is 6.06. The molecular weight excluding hydrogens is 480 g/mol. The van der Waals surface area contributed by atoms with Gasteiger partial charge in [-0.05, 0) is 49.9 Å². The summed E-state index contributed by atoms with van der Waals surface area (Å²) in [7, 11) is 0. The Bertz CT molecular complexity index is 1160. The van der Waals surface area contributed by atoms with Crippen LogP contribution in [0.15, 0.2) is 29.2 Å². The van der Waals surface area contributed by atoms with Gasteiger partial charge in [0.05, 0.1) is 17.4 Å². The largest absolute Gasteiger partial charge is 0.337 e. The minimum atomic E-state index is -0.404. The summed E-state index contributed by atoms with van der Waals surface area (Å²) in [5.41, 5.74) is 2.18. The summed E-state index contributed by atoms with van der Waals surface area (Å²) in [6.07, 6.45) is 5.93. The highest BCUT2D eigenvalue weighted by Crippen LogP contribution is 2.37. The molecule has 2 N–H and O–H groups in total. The SMILES string of the molecule is CC(=O)N1CCc2c(sc(NC(=O)C(C)Sc3cccc(NC(=O)C4CCCCC4)c3)c2C#N)C1. The highest BCUT2D eigenvalue weighted by molar-refractivity contribution is 8.00. The molecule has 2 aliphatic rings. The van der Waals surface area contributed by atoms with Crippen LogP contribution in [0.25, 0.3) is 0 Å². The summed E-state index contributed by atoms with van der Waals surface area (Å²) < 4.78 is 0. The summed E-state index contributed by atoms with van der Waals surface area (Å²) in [5.74, 6) is -0.0228. The van der Waals surface area contributed by atoms with Crippen LogP contribution in [-0.4, -0.2) is 34.4 Å². The van der Waals surface area contributed by atoms with Gasteiger partial charge in [-0.2, -0.15) is 5.26 Å². The van der Waals surface area contributed by atoms with Gasteiger partial charge < -0.3 is 15.5 Å². The number of thioether (sulfide) groups is 1. The third-order valence-electron chi connectivity index (χ3n) is 6.61. The van der Waals surface area contributed by atoms with Gasteiger partial charge in [-0.3, -0.25) is 14.4 Å². The highest BCUT2D eigenvalue weighted by atomic mass is 32.2. The van der Waals surface area contributed by atoms with Crippen molar-refractivity contribution in [1.29, 1.82) is 5.26 Å². The minimum Gasteiger partial charge on any atom is -0.337 e. The number of rotatable bonds is 6. The van der Waals surface area contributed by atoms with Gasteiger partial charge in [0, 0.05) is 34.8 Å². The topological polar surface area (TPSA) is 102 Å². The molecule has 7 nitrogen and oxygen atoms in total. The number of thiophene rings is 1. The molecule has 9 heteroatoms. The van der Waals surface area contributed by atoms with E-state index in [0.717, 1.165) is 46.7 Å². The van der Waals surface area contributed by atoms with E-state index >= 15 is 0 Å². The number of anilines is 2. The molecule has 184 valence electrons. The lowest BCUT2D eigenvalue weighted by molar-refractivity contribution is -0.129. The van der Waals surface area contributed by atoms with Gasteiger partial charge in [0.25, 0.3) is 0 Å². The fourth-order valence-electron chi connectivity index (χ4n) is 4.61. The summed E-state index contributed by atoms with van der Waals surface area (Å²) in [4.78, 5) is 40.9. The van der Waals surface area contributed by atoms with Crippen LogP contribution in [0.5, 0.6) is 0 Å². The first-order valence-corrected chi connectivity index (χ1v) is 13.7. The van der Waals surface area contributed by atoms with Crippen LogP contribution >= 0.6 is 23.1 Å². The van der Waals surface area contributed by atoms with Gasteiger partial charge in [0.1, 0.15) is 11.1 Å². The van der Waals surface area contributed by atoms with Crippen molar-refractivity contribution in [2.24, 2.45) is 5.92 Å². The number of hydrogen-bond acceptors (Lipinski definition) is 6. The van der Waals surface area contributed by atoms with E-state index in [-0.39, 0.29) is 23.6 Å². The normalized spacial score (nSPS) is 16.7. The second kappa shape index (κ2) is 11.3. The Balaban J connectivity index is 1.39. The van der Waals surface area contributed by atoms with E-state index in [9.17, 15) is 19.6 Å². The first-order chi connectivity index (χ1) is 16.9. The zero-order chi connectivity index (χ0) is 24.9. The van der Waals surface area contributed by atoms with Gasteiger partial charge in [0.2, 0.25) is 17.7 Å². The lowest BCUT2D eigenvalue weighted by Gasteiger charge is -2.25. The number of benzene rings is 1. The van der Waals surface area contributed by atoms with Crippen molar-refractivity contribution in [3.05, 3.63) is 40.3 Å².